The van der Waals surface area contributed by atoms with Gasteiger partial charge in [-0.1, -0.05) is 0 Å². The SMILES string of the molecule is COc1ccc(Nc2nc(N[C@H]3CC[C@@H](NC(C)=O)CC3)c3sccc3n2)cc1F. The first-order valence-electron chi connectivity index (χ1n) is 9.91. The Balaban J connectivity index is 1.50. The molecule has 1 aliphatic carbocycles. The highest BCUT2D eigenvalue weighted by atomic mass is 32.1. The first kappa shape index (κ1) is 20.3. The van der Waals surface area contributed by atoms with Crippen LogP contribution in [0, 0.1) is 5.82 Å². The van der Waals surface area contributed by atoms with E-state index in [1.807, 2.05) is 11.4 Å². The van der Waals surface area contributed by atoms with E-state index >= 15 is 0 Å². The molecule has 3 N–H and O–H groups in total. The molecule has 1 aromatic carbocycles. The van der Waals surface area contributed by atoms with E-state index in [2.05, 4.69) is 25.9 Å². The molecule has 1 amide bonds. The Morgan fingerprint density at radius 3 is 2.63 bits per heavy atom. The lowest BCUT2D eigenvalue weighted by Crippen LogP contribution is -2.39. The second kappa shape index (κ2) is 8.83. The van der Waals surface area contributed by atoms with Gasteiger partial charge in [-0.3, -0.25) is 4.79 Å². The van der Waals surface area contributed by atoms with Gasteiger partial charge in [0.05, 0.1) is 17.3 Å². The quantitative estimate of drug-likeness (QED) is 0.537. The number of benzene rings is 1. The molecule has 0 aliphatic heterocycles. The number of nitrogens with one attached hydrogen (secondary N) is 3. The molecule has 0 atom stereocenters. The van der Waals surface area contributed by atoms with Crippen molar-refractivity contribution < 1.29 is 13.9 Å². The van der Waals surface area contributed by atoms with Gasteiger partial charge in [-0.2, -0.15) is 4.98 Å². The van der Waals surface area contributed by atoms with Crippen molar-refractivity contribution in [2.24, 2.45) is 0 Å². The number of methoxy groups -OCH3 is 1. The zero-order valence-corrected chi connectivity index (χ0v) is 17.7. The molecule has 1 fully saturated rings. The van der Waals surface area contributed by atoms with Crippen LogP contribution in [-0.4, -0.2) is 35.1 Å². The van der Waals surface area contributed by atoms with Gasteiger partial charge >= 0.3 is 0 Å². The number of ether oxygens (including phenoxy) is 1. The summed E-state index contributed by atoms with van der Waals surface area (Å²) < 4.78 is 20.0. The van der Waals surface area contributed by atoms with Crippen LogP contribution in [-0.2, 0) is 4.79 Å². The van der Waals surface area contributed by atoms with Crippen LogP contribution in [0.15, 0.2) is 29.6 Å². The van der Waals surface area contributed by atoms with Gasteiger partial charge in [-0.15, -0.1) is 11.3 Å². The Labute approximate surface area is 178 Å². The number of rotatable bonds is 6. The maximum absolute atomic E-state index is 14.0. The van der Waals surface area contributed by atoms with Crippen molar-refractivity contribution in [1.82, 2.24) is 15.3 Å². The average molecular weight is 430 g/mol. The fraction of sp³-hybridized carbons (Fsp3) is 0.381. The van der Waals surface area contributed by atoms with Gasteiger partial charge in [0.2, 0.25) is 11.9 Å². The van der Waals surface area contributed by atoms with E-state index in [4.69, 9.17) is 4.74 Å². The third kappa shape index (κ3) is 4.62. The molecule has 0 spiro atoms. The molecule has 3 aromatic rings. The Morgan fingerprint density at radius 2 is 1.93 bits per heavy atom. The predicted octanol–water partition coefficient (Wildman–Crippen LogP) is 4.44. The normalized spacial score (nSPS) is 18.8. The van der Waals surface area contributed by atoms with Gasteiger partial charge in [0.1, 0.15) is 5.82 Å². The molecular weight excluding hydrogens is 405 g/mol. The molecule has 1 aliphatic rings. The van der Waals surface area contributed by atoms with Gasteiger partial charge in [0.25, 0.3) is 0 Å². The molecule has 0 unspecified atom stereocenters. The van der Waals surface area contributed by atoms with Crippen molar-refractivity contribution in [3.05, 3.63) is 35.5 Å². The van der Waals surface area contributed by atoms with Crippen LogP contribution in [0.4, 0.5) is 21.8 Å². The molecular formula is C21H24FN5O2S. The summed E-state index contributed by atoms with van der Waals surface area (Å²) in [5, 5.41) is 11.6. The van der Waals surface area contributed by atoms with Crippen LogP contribution in [0.2, 0.25) is 0 Å². The van der Waals surface area contributed by atoms with E-state index in [0.29, 0.717) is 11.6 Å². The van der Waals surface area contributed by atoms with Crippen LogP contribution in [0.5, 0.6) is 5.75 Å². The molecule has 0 saturated heterocycles. The number of aromatic nitrogens is 2. The largest absolute Gasteiger partial charge is 0.494 e. The number of fused-ring (bicyclic) bond motifs is 1. The number of thiophene rings is 1. The number of halogens is 1. The monoisotopic (exact) mass is 429 g/mol. The molecule has 158 valence electrons. The molecule has 9 heteroatoms. The molecule has 2 heterocycles. The third-order valence-electron chi connectivity index (χ3n) is 5.19. The molecule has 4 rings (SSSR count). The first-order chi connectivity index (χ1) is 14.5. The highest BCUT2D eigenvalue weighted by Gasteiger charge is 2.23. The highest BCUT2D eigenvalue weighted by Crippen LogP contribution is 2.31. The summed E-state index contributed by atoms with van der Waals surface area (Å²) >= 11 is 1.59. The summed E-state index contributed by atoms with van der Waals surface area (Å²) in [5.41, 5.74) is 1.38. The summed E-state index contributed by atoms with van der Waals surface area (Å²) in [6.45, 7) is 1.56. The van der Waals surface area contributed by atoms with Crippen LogP contribution < -0.4 is 20.7 Å². The van der Waals surface area contributed by atoms with Crippen molar-refractivity contribution in [1.29, 1.82) is 0 Å². The smallest absolute Gasteiger partial charge is 0.229 e. The maximum Gasteiger partial charge on any atom is 0.229 e. The molecule has 0 radical (unpaired) electrons. The van der Waals surface area contributed by atoms with Crippen LogP contribution >= 0.6 is 11.3 Å². The van der Waals surface area contributed by atoms with E-state index < -0.39 is 5.82 Å². The van der Waals surface area contributed by atoms with Crippen molar-refractivity contribution in [2.45, 2.75) is 44.7 Å². The van der Waals surface area contributed by atoms with E-state index in [9.17, 15) is 9.18 Å². The lowest BCUT2D eigenvalue weighted by atomic mass is 9.91. The number of nitrogens with zero attached hydrogens (tertiary/aromatic N) is 2. The van der Waals surface area contributed by atoms with Gasteiger partial charge in [-0.05, 0) is 49.3 Å². The van der Waals surface area contributed by atoms with Gasteiger partial charge < -0.3 is 20.7 Å². The first-order valence-corrected chi connectivity index (χ1v) is 10.8. The Hall–Kier alpha value is -2.94. The average Bonchev–Trinajstić information content (AvgIpc) is 3.18. The minimum absolute atomic E-state index is 0.0215. The van der Waals surface area contributed by atoms with E-state index in [0.717, 1.165) is 41.7 Å². The lowest BCUT2D eigenvalue weighted by Gasteiger charge is -2.29. The van der Waals surface area contributed by atoms with Crippen molar-refractivity contribution in [3.63, 3.8) is 0 Å². The minimum atomic E-state index is -0.451. The zero-order chi connectivity index (χ0) is 21.1. The molecule has 1 saturated carbocycles. The van der Waals surface area contributed by atoms with Gasteiger partial charge in [0.15, 0.2) is 11.6 Å². The maximum atomic E-state index is 14.0. The summed E-state index contributed by atoms with van der Waals surface area (Å²) in [6, 6.07) is 7.11. The summed E-state index contributed by atoms with van der Waals surface area (Å²) in [4.78, 5) is 20.5. The predicted molar refractivity (Wildman–Crippen MR) is 117 cm³/mol. The number of hydrogen-bond acceptors (Lipinski definition) is 7. The van der Waals surface area contributed by atoms with Crippen LogP contribution in [0.25, 0.3) is 10.2 Å². The van der Waals surface area contributed by atoms with Crippen LogP contribution in [0.3, 0.4) is 0 Å². The Bertz CT molecular complexity index is 1050. The summed E-state index contributed by atoms with van der Waals surface area (Å²) in [5.74, 6) is 0.933. The topological polar surface area (TPSA) is 88.2 Å². The second-order valence-electron chi connectivity index (χ2n) is 7.40. The van der Waals surface area contributed by atoms with Gasteiger partial charge in [-0.25, -0.2) is 9.37 Å². The van der Waals surface area contributed by atoms with Crippen molar-refractivity contribution in [3.8, 4) is 5.75 Å². The van der Waals surface area contributed by atoms with Crippen LogP contribution in [0.1, 0.15) is 32.6 Å². The molecule has 7 nitrogen and oxygen atoms in total. The summed E-state index contributed by atoms with van der Waals surface area (Å²) in [6.07, 6.45) is 3.78. The van der Waals surface area contributed by atoms with Crippen molar-refractivity contribution >= 4 is 44.9 Å². The molecule has 30 heavy (non-hydrogen) atoms. The molecule has 2 aromatic heterocycles. The minimum Gasteiger partial charge on any atom is -0.494 e. The highest BCUT2D eigenvalue weighted by molar-refractivity contribution is 7.17. The number of carbonyl (C=O) groups is 1. The molecule has 0 bridgehead atoms. The number of carbonyl (C=O) groups excluding carboxylic acids is 1. The fourth-order valence-electron chi connectivity index (χ4n) is 3.75. The Kier molecular flexibility index (Phi) is 5.98. The second-order valence-corrected chi connectivity index (χ2v) is 8.31. The van der Waals surface area contributed by atoms with E-state index in [1.54, 1.807) is 30.4 Å². The van der Waals surface area contributed by atoms with E-state index in [-0.39, 0.29) is 23.7 Å². The zero-order valence-electron chi connectivity index (χ0n) is 16.9. The fourth-order valence-corrected chi connectivity index (χ4v) is 4.54. The standard InChI is InChI=1S/C21H24FN5O2S/c1-12(28)23-13-3-5-14(6-4-13)24-20-19-17(9-10-30-19)26-21(27-20)25-15-7-8-18(29-2)16(22)11-15/h7-11,13-14H,3-6H2,1-2H3,(H,23,28)(H2,24,25,26,27)/t13-,14+. The lowest BCUT2D eigenvalue weighted by molar-refractivity contribution is -0.119. The van der Waals surface area contributed by atoms with Gasteiger partial charge in [0, 0.05) is 30.8 Å². The summed E-state index contributed by atoms with van der Waals surface area (Å²) in [7, 11) is 1.43. The Morgan fingerprint density at radius 1 is 1.17 bits per heavy atom. The number of anilines is 3. The third-order valence-corrected chi connectivity index (χ3v) is 6.10. The number of hydrogen-bond donors (Lipinski definition) is 3. The van der Waals surface area contributed by atoms with E-state index in [1.165, 1.54) is 13.2 Å². The van der Waals surface area contributed by atoms with Crippen molar-refractivity contribution in [2.75, 3.05) is 17.7 Å². The number of amides is 1.